The van der Waals surface area contributed by atoms with E-state index in [2.05, 4.69) is 9.47 Å². The minimum absolute atomic E-state index is 0.226. The van der Waals surface area contributed by atoms with Gasteiger partial charge in [0.25, 0.3) is 0 Å². The van der Waals surface area contributed by atoms with E-state index >= 15 is 0 Å². The summed E-state index contributed by atoms with van der Waals surface area (Å²) >= 11 is 0. The Morgan fingerprint density at radius 2 is 0.964 bits per heavy atom. The van der Waals surface area contributed by atoms with Gasteiger partial charge in [-0.05, 0) is 35.4 Å². The molecule has 0 radical (unpaired) electrons. The van der Waals surface area contributed by atoms with E-state index in [0.717, 1.165) is 36.4 Å². The van der Waals surface area contributed by atoms with Crippen LogP contribution >= 0.6 is 0 Å². The monoisotopic (exact) mass is 416 g/mol. The van der Waals surface area contributed by atoms with Crippen molar-refractivity contribution < 1.29 is 44.6 Å². The van der Waals surface area contributed by atoms with Crippen molar-refractivity contribution in [3.8, 4) is 22.6 Å². The molecule has 0 saturated heterocycles. The van der Waals surface area contributed by atoms with E-state index in [1.54, 1.807) is 0 Å². The fourth-order valence-electron chi connectivity index (χ4n) is 2.02. The third-order valence-electron chi connectivity index (χ3n) is 3.35. The summed E-state index contributed by atoms with van der Waals surface area (Å²) in [6.07, 6.45) is -17.7. The van der Waals surface area contributed by atoms with E-state index in [9.17, 15) is 35.1 Å². The Kier molecular flexibility index (Phi) is 5.80. The van der Waals surface area contributed by atoms with Crippen LogP contribution in [0.1, 0.15) is 0 Å². The summed E-state index contributed by atoms with van der Waals surface area (Å²) in [6.45, 7) is 0. The molecule has 12 heteroatoms. The Morgan fingerprint density at radius 3 is 1.21 bits per heavy atom. The molecule has 0 fully saturated rings. The lowest BCUT2D eigenvalue weighted by atomic mass is 10.0. The maximum absolute atomic E-state index is 13.0. The first-order valence-electron chi connectivity index (χ1n) is 7.33. The Balaban J connectivity index is 2.27. The Labute approximate surface area is 152 Å². The second-order valence-corrected chi connectivity index (χ2v) is 5.43. The minimum atomic E-state index is -4.75. The number of nitrogen functional groups attached to an aromatic ring is 2. The van der Waals surface area contributed by atoms with Crippen LogP contribution in [0.4, 0.5) is 46.5 Å². The van der Waals surface area contributed by atoms with E-state index in [1.165, 1.54) is 0 Å². The van der Waals surface area contributed by atoms with Gasteiger partial charge >= 0.3 is 25.1 Å². The molecule has 154 valence electrons. The van der Waals surface area contributed by atoms with Gasteiger partial charge in [0.05, 0.1) is 11.4 Å². The molecule has 0 aromatic heterocycles. The summed E-state index contributed by atoms with van der Waals surface area (Å²) in [6, 6.07) is 6.28. The molecular formula is C16H12F8N2O2. The number of nitrogens with two attached hydrogens (primary N) is 2. The fraction of sp³-hybridized carbons (Fsp3) is 0.250. The van der Waals surface area contributed by atoms with Crippen LogP contribution in [0.2, 0.25) is 0 Å². The van der Waals surface area contributed by atoms with Crippen molar-refractivity contribution in [3.05, 3.63) is 36.4 Å². The van der Waals surface area contributed by atoms with E-state index in [4.69, 9.17) is 11.5 Å². The first kappa shape index (κ1) is 21.4. The van der Waals surface area contributed by atoms with Gasteiger partial charge in [-0.3, -0.25) is 0 Å². The van der Waals surface area contributed by atoms with Gasteiger partial charge < -0.3 is 20.9 Å². The predicted octanol–water partition coefficient (Wildman–Crippen LogP) is 4.99. The summed E-state index contributed by atoms with van der Waals surface area (Å²) in [5.74, 6) is -1.42. The van der Waals surface area contributed by atoms with E-state index < -0.39 is 47.9 Å². The van der Waals surface area contributed by atoms with Gasteiger partial charge in [0.2, 0.25) is 0 Å². The number of anilines is 2. The van der Waals surface area contributed by atoms with Gasteiger partial charge in [-0.1, -0.05) is 12.1 Å². The quantitative estimate of drug-likeness (QED) is 0.493. The van der Waals surface area contributed by atoms with Crippen molar-refractivity contribution in [2.24, 2.45) is 0 Å². The van der Waals surface area contributed by atoms with Gasteiger partial charge in [0.15, 0.2) is 0 Å². The molecule has 0 atom stereocenters. The molecule has 0 unspecified atom stereocenters. The average molecular weight is 416 g/mol. The molecule has 0 saturated carbocycles. The number of hydrogen-bond acceptors (Lipinski definition) is 4. The second-order valence-electron chi connectivity index (χ2n) is 5.43. The lowest BCUT2D eigenvalue weighted by Crippen LogP contribution is -2.33. The van der Waals surface area contributed by atoms with Gasteiger partial charge in [-0.2, -0.15) is 35.1 Å². The van der Waals surface area contributed by atoms with Crippen LogP contribution in [-0.2, 0) is 0 Å². The van der Waals surface area contributed by atoms with Crippen LogP contribution in [0.5, 0.6) is 11.5 Å². The van der Waals surface area contributed by atoms with Gasteiger partial charge in [0.1, 0.15) is 11.5 Å². The Bertz CT molecular complexity index is 776. The highest BCUT2D eigenvalue weighted by Crippen LogP contribution is 2.37. The Morgan fingerprint density at radius 1 is 0.643 bits per heavy atom. The van der Waals surface area contributed by atoms with E-state index in [0.29, 0.717) is 0 Å². The molecule has 0 aliphatic rings. The van der Waals surface area contributed by atoms with Gasteiger partial charge in [0, 0.05) is 0 Å². The zero-order valence-electron chi connectivity index (χ0n) is 13.6. The molecule has 4 N–H and O–H groups in total. The molecule has 4 nitrogen and oxygen atoms in total. The van der Waals surface area contributed by atoms with Crippen molar-refractivity contribution in [1.29, 1.82) is 0 Å². The van der Waals surface area contributed by atoms with Crippen LogP contribution in [0.15, 0.2) is 36.4 Å². The summed E-state index contributed by atoms with van der Waals surface area (Å²) in [4.78, 5) is 0. The first-order valence-corrected chi connectivity index (χ1v) is 7.33. The maximum atomic E-state index is 13.0. The molecule has 2 aromatic carbocycles. The molecule has 0 aliphatic carbocycles. The molecular weight excluding hydrogens is 404 g/mol. The van der Waals surface area contributed by atoms with E-state index in [-0.39, 0.29) is 11.1 Å². The van der Waals surface area contributed by atoms with Crippen LogP contribution in [0, 0.1) is 0 Å². The van der Waals surface area contributed by atoms with Crippen LogP contribution in [0.25, 0.3) is 11.1 Å². The van der Waals surface area contributed by atoms with Crippen molar-refractivity contribution >= 4 is 11.4 Å². The van der Waals surface area contributed by atoms with Crippen molar-refractivity contribution in [3.63, 3.8) is 0 Å². The molecule has 2 rings (SSSR count). The number of benzene rings is 2. The molecule has 0 bridgehead atoms. The first-order chi connectivity index (χ1) is 12.8. The number of halogens is 8. The largest absolute Gasteiger partial charge is 0.461 e. The lowest BCUT2D eigenvalue weighted by Gasteiger charge is -2.19. The SMILES string of the molecule is Nc1cc(-c2ccc(OC(F)(F)C(F)F)c(N)c2)ccc1OC(F)(F)C(F)F. The number of ether oxygens (including phenoxy) is 2. The summed E-state index contributed by atoms with van der Waals surface area (Å²) in [7, 11) is 0. The van der Waals surface area contributed by atoms with Crippen molar-refractivity contribution in [1.82, 2.24) is 0 Å². The number of rotatable bonds is 7. The number of hydrogen-bond donors (Lipinski definition) is 2. The summed E-state index contributed by atoms with van der Waals surface area (Å²) in [5, 5.41) is 0. The van der Waals surface area contributed by atoms with E-state index in [1.807, 2.05) is 0 Å². The molecule has 28 heavy (non-hydrogen) atoms. The highest BCUT2D eigenvalue weighted by molar-refractivity contribution is 5.74. The average Bonchev–Trinajstić information content (AvgIpc) is 2.58. The minimum Gasteiger partial charge on any atom is -0.426 e. The molecule has 0 amide bonds. The van der Waals surface area contributed by atoms with Gasteiger partial charge in [-0.25, -0.2) is 0 Å². The molecule has 0 aliphatic heterocycles. The van der Waals surface area contributed by atoms with Crippen molar-refractivity contribution in [2.45, 2.75) is 25.1 Å². The van der Waals surface area contributed by atoms with Crippen LogP contribution in [0.3, 0.4) is 0 Å². The lowest BCUT2D eigenvalue weighted by molar-refractivity contribution is -0.253. The third kappa shape index (κ3) is 4.67. The predicted molar refractivity (Wildman–Crippen MR) is 83.9 cm³/mol. The highest BCUT2D eigenvalue weighted by atomic mass is 19.3. The van der Waals surface area contributed by atoms with Crippen molar-refractivity contribution in [2.75, 3.05) is 11.5 Å². The second kappa shape index (κ2) is 7.60. The zero-order chi connectivity index (χ0) is 21.3. The van der Waals surface area contributed by atoms with Gasteiger partial charge in [-0.15, -0.1) is 0 Å². The highest BCUT2D eigenvalue weighted by Gasteiger charge is 2.45. The standard InChI is InChI=1S/C16H12F8N2O2/c17-13(18)15(21,22)27-11-3-1-7(5-9(11)25)8-2-4-12(10(26)6-8)28-16(23,24)14(19)20/h1-6,13-14H,25-26H2. The third-order valence-corrected chi connectivity index (χ3v) is 3.35. The normalized spacial score (nSPS) is 12.5. The summed E-state index contributed by atoms with van der Waals surface area (Å²) in [5.41, 5.74) is 10.6. The molecule has 0 spiro atoms. The summed E-state index contributed by atoms with van der Waals surface area (Å²) < 4.78 is 108. The van der Waals surface area contributed by atoms with Crippen LogP contribution < -0.4 is 20.9 Å². The smallest absolute Gasteiger partial charge is 0.426 e. The van der Waals surface area contributed by atoms with Crippen LogP contribution in [-0.4, -0.2) is 25.1 Å². The molecule has 0 heterocycles. The topological polar surface area (TPSA) is 70.5 Å². The maximum Gasteiger partial charge on any atom is 0.461 e. The number of alkyl halides is 8. The Hall–Kier alpha value is -2.92. The fourth-order valence-corrected chi connectivity index (χ4v) is 2.02. The molecule has 2 aromatic rings. The zero-order valence-corrected chi connectivity index (χ0v) is 13.6.